The van der Waals surface area contributed by atoms with Crippen molar-refractivity contribution in [2.45, 2.75) is 13.8 Å². The highest BCUT2D eigenvalue weighted by Gasteiger charge is 2.03. The molecule has 1 aromatic heterocycles. The molecule has 2 heteroatoms. The van der Waals surface area contributed by atoms with Gasteiger partial charge in [-0.1, -0.05) is 6.58 Å². The first-order valence-corrected chi connectivity index (χ1v) is 3.81. The molecule has 0 radical (unpaired) electrons. The second kappa shape index (κ2) is 3.39. The molecule has 1 rings (SSSR count). The van der Waals surface area contributed by atoms with Crippen molar-refractivity contribution in [2.75, 3.05) is 7.11 Å². The molecule has 1 aromatic rings. The van der Waals surface area contributed by atoms with E-state index in [-0.39, 0.29) is 0 Å². The number of pyridine rings is 1. The molecule has 1 heterocycles. The molecule has 0 aliphatic heterocycles. The fourth-order valence-corrected chi connectivity index (χ4v) is 1.03. The lowest BCUT2D eigenvalue weighted by molar-refractivity contribution is 0.396. The smallest absolute Gasteiger partial charge is 0.220 e. The average Bonchev–Trinajstić information content (AvgIpc) is 2.04. The van der Waals surface area contributed by atoms with Crippen molar-refractivity contribution in [2.24, 2.45) is 0 Å². The second-order valence-corrected chi connectivity index (χ2v) is 2.85. The molecule has 0 N–H and O–H groups in total. The van der Waals surface area contributed by atoms with Crippen molar-refractivity contribution < 1.29 is 4.74 Å². The molecule has 64 valence electrons. The summed E-state index contributed by atoms with van der Waals surface area (Å²) in [7, 11) is 1.62. The zero-order chi connectivity index (χ0) is 9.14. The van der Waals surface area contributed by atoms with Crippen molar-refractivity contribution >= 4 is 5.57 Å². The Labute approximate surface area is 72.9 Å². The van der Waals surface area contributed by atoms with Crippen LogP contribution in [0.5, 0.6) is 5.88 Å². The SMILES string of the molecule is C=C(C)c1cc(C)cnc1OC. The third-order valence-electron chi connectivity index (χ3n) is 1.64. The quantitative estimate of drug-likeness (QED) is 0.668. The van der Waals surface area contributed by atoms with Crippen LogP contribution in [0.1, 0.15) is 18.1 Å². The first-order valence-electron chi connectivity index (χ1n) is 3.81. The summed E-state index contributed by atoms with van der Waals surface area (Å²) in [6.07, 6.45) is 1.78. The number of nitrogens with zero attached hydrogens (tertiary/aromatic N) is 1. The van der Waals surface area contributed by atoms with Gasteiger partial charge in [-0.05, 0) is 31.1 Å². The van der Waals surface area contributed by atoms with Gasteiger partial charge in [-0.15, -0.1) is 0 Å². The van der Waals surface area contributed by atoms with E-state index in [2.05, 4.69) is 11.6 Å². The van der Waals surface area contributed by atoms with Crippen molar-refractivity contribution in [1.29, 1.82) is 0 Å². The van der Waals surface area contributed by atoms with Crippen LogP contribution in [0, 0.1) is 6.92 Å². The lowest BCUT2D eigenvalue weighted by Gasteiger charge is -2.06. The molecule has 0 aliphatic carbocycles. The summed E-state index contributed by atoms with van der Waals surface area (Å²) in [4.78, 5) is 4.13. The summed E-state index contributed by atoms with van der Waals surface area (Å²) in [6, 6.07) is 2.02. The number of hydrogen-bond donors (Lipinski definition) is 0. The van der Waals surface area contributed by atoms with Crippen molar-refractivity contribution in [3.63, 3.8) is 0 Å². The van der Waals surface area contributed by atoms with E-state index < -0.39 is 0 Å². The predicted molar refractivity (Wildman–Crippen MR) is 50.2 cm³/mol. The topological polar surface area (TPSA) is 22.1 Å². The number of aryl methyl sites for hydroxylation is 1. The minimum absolute atomic E-state index is 0.646. The Morgan fingerprint density at radius 2 is 2.25 bits per heavy atom. The van der Waals surface area contributed by atoms with Gasteiger partial charge < -0.3 is 4.74 Å². The maximum absolute atomic E-state index is 5.09. The molecular weight excluding hydrogens is 150 g/mol. The molecule has 0 spiro atoms. The molecule has 0 amide bonds. The third kappa shape index (κ3) is 1.64. The lowest BCUT2D eigenvalue weighted by Crippen LogP contribution is -1.93. The summed E-state index contributed by atoms with van der Waals surface area (Å²) >= 11 is 0. The molecule has 0 saturated carbocycles. The lowest BCUT2D eigenvalue weighted by atomic mass is 10.1. The molecule has 0 aliphatic rings. The summed E-state index contributed by atoms with van der Waals surface area (Å²) in [6.45, 7) is 7.80. The van der Waals surface area contributed by atoms with E-state index >= 15 is 0 Å². The van der Waals surface area contributed by atoms with Crippen LogP contribution in [0.3, 0.4) is 0 Å². The van der Waals surface area contributed by atoms with Crippen LogP contribution in [0.15, 0.2) is 18.8 Å². The van der Waals surface area contributed by atoms with Gasteiger partial charge in [0.05, 0.1) is 7.11 Å². The van der Waals surface area contributed by atoms with Gasteiger partial charge in [0.1, 0.15) is 0 Å². The highest BCUT2D eigenvalue weighted by atomic mass is 16.5. The van der Waals surface area contributed by atoms with Crippen LogP contribution in [-0.2, 0) is 0 Å². The maximum atomic E-state index is 5.09. The Kier molecular flexibility index (Phi) is 2.48. The third-order valence-corrected chi connectivity index (χ3v) is 1.64. The molecule has 0 aromatic carbocycles. The number of ether oxygens (including phenoxy) is 1. The van der Waals surface area contributed by atoms with Crippen LogP contribution in [0.2, 0.25) is 0 Å². The van der Waals surface area contributed by atoms with Gasteiger partial charge in [0, 0.05) is 11.8 Å². The highest BCUT2D eigenvalue weighted by molar-refractivity contribution is 5.65. The normalized spacial score (nSPS) is 9.58. The molecule has 0 atom stereocenters. The molecule has 0 bridgehead atoms. The zero-order valence-electron chi connectivity index (χ0n) is 7.72. The van der Waals surface area contributed by atoms with E-state index in [9.17, 15) is 0 Å². The fraction of sp³-hybridized carbons (Fsp3) is 0.300. The van der Waals surface area contributed by atoms with E-state index in [1.807, 2.05) is 19.9 Å². The molecule has 2 nitrogen and oxygen atoms in total. The van der Waals surface area contributed by atoms with Crippen LogP contribution >= 0.6 is 0 Å². The molecule has 0 saturated heterocycles. The van der Waals surface area contributed by atoms with Crippen LogP contribution < -0.4 is 4.74 Å². The van der Waals surface area contributed by atoms with Gasteiger partial charge in [-0.25, -0.2) is 4.98 Å². The number of allylic oxidation sites excluding steroid dienone is 1. The summed E-state index contributed by atoms with van der Waals surface area (Å²) in [5, 5.41) is 0. The first kappa shape index (κ1) is 8.78. The number of rotatable bonds is 2. The monoisotopic (exact) mass is 163 g/mol. The zero-order valence-corrected chi connectivity index (χ0v) is 7.72. The van der Waals surface area contributed by atoms with Crippen molar-refractivity contribution in [3.05, 3.63) is 30.0 Å². The van der Waals surface area contributed by atoms with Gasteiger partial charge in [0.25, 0.3) is 0 Å². The molecule has 0 unspecified atom stereocenters. The predicted octanol–water partition coefficient (Wildman–Crippen LogP) is 2.43. The number of aromatic nitrogens is 1. The Morgan fingerprint density at radius 3 is 2.75 bits per heavy atom. The Balaban J connectivity index is 3.21. The minimum Gasteiger partial charge on any atom is -0.481 e. The molecule has 0 fully saturated rings. The second-order valence-electron chi connectivity index (χ2n) is 2.85. The van der Waals surface area contributed by atoms with Crippen molar-refractivity contribution in [1.82, 2.24) is 4.98 Å². The molecule has 12 heavy (non-hydrogen) atoms. The van der Waals surface area contributed by atoms with Gasteiger partial charge in [0.2, 0.25) is 5.88 Å². The maximum Gasteiger partial charge on any atom is 0.220 e. The van der Waals surface area contributed by atoms with E-state index in [1.165, 1.54) is 0 Å². The van der Waals surface area contributed by atoms with Gasteiger partial charge in [0.15, 0.2) is 0 Å². The summed E-state index contributed by atoms with van der Waals surface area (Å²) < 4.78 is 5.09. The highest BCUT2D eigenvalue weighted by Crippen LogP contribution is 2.22. The standard InChI is InChI=1S/C10H13NO/c1-7(2)9-5-8(3)6-11-10(9)12-4/h5-6H,1H2,2-4H3. The first-order chi connectivity index (χ1) is 5.65. The van der Waals surface area contributed by atoms with Gasteiger partial charge in [-0.2, -0.15) is 0 Å². The van der Waals surface area contributed by atoms with Gasteiger partial charge >= 0.3 is 0 Å². The summed E-state index contributed by atoms with van der Waals surface area (Å²) in [5.41, 5.74) is 3.08. The molecular formula is C10H13NO. The van der Waals surface area contributed by atoms with E-state index in [0.29, 0.717) is 5.88 Å². The Bertz CT molecular complexity index is 305. The van der Waals surface area contributed by atoms with E-state index in [4.69, 9.17) is 4.74 Å². The largest absolute Gasteiger partial charge is 0.481 e. The van der Waals surface area contributed by atoms with Crippen LogP contribution in [-0.4, -0.2) is 12.1 Å². The minimum atomic E-state index is 0.646. The van der Waals surface area contributed by atoms with Gasteiger partial charge in [-0.3, -0.25) is 0 Å². The summed E-state index contributed by atoms with van der Waals surface area (Å²) in [5.74, 6) is 0.646. The fourth-order valence-electron chi connectivity index (χ4n) is 1.03. The van der Waals surface area contributed by atoms with E-state index in [0.717, 1.165) is 16.7 Å². The Hall–Kier alpha value is -1.31. The van der Waals surface area contributed by atoms with Crippen LogP contribution in [0.4, 0.5) is 0 Å². The average molecular weight is 163 g/mol. The van der Waals surface area contributed by atoms with Crippen LogP contribution in [0.25, 0.3) is 5.57 Å². The Morgan fingerprint density at radius 1 is 1.58 bits per heavy atom. The van der Waals surface area contributed by atoms with E-state index in [1.54, 1.807) is 13.3 Å². The number of methoxy groups -OCH3 is 1. The van der Waals surface area contributed by atoms with Crippen molar-refractivity contribution in [3.8, 4) is 5.88 Å². The number of hydrogen-bond acceptors (Lipinski definition) is 2.